The van der Waals surface area contributed by atoms with Gasteiger partial charge in [-0.15, -0.1) is 0 Å². The second-order valence-corrected chi connectivity index (χ2v) is 3.50. The van der Waals surface area contributed by atoms with E-state index in [-0.39, 0.29) is 12.1 Å². The molecule has 1 aromatic carbocycles. The minimum atomic E-state index is -0.256. The van der Waals surface area contributed by atoms with Gasteiger partial charge in [0.25, 0.3) is 0 Å². The second-order valence-electron chi connectivity index (χ2n) is 3.10. The largest absolute Gasteiger partial charge is 0.375 e. The topological polar surface area (TPSA) is 41.5 Å². The van der Waals surface area contributed by atoms with E-state index in [1.807, 2.05) is 25.1 Å². The lowest BCUT2D eigenvalue weighted by atomic mass is 10.0. The molecule has 0 amide bonds. The van der Waals surface area contributed by atoms with Crippen LogP contribution < -0.4 is 5.48 Å². The van der Waals surface area contributed by atoms with Crippen molar-refractivity contribution in [2.45, 2.75) is 19.1 Å². The Morgan fingerprint density at radius 3 is 2.57 bits per heavy atom. The maximum absolute atomic E-state index is 8.82. The number of benzene rings is 1. The van der Waals surface area contributed by atoms with Crippen molar-refractivity contribution in [1.29, 1.82) is 0 Å². The van der Waals surface area contributed by atoms with Crippen LogP contribution in [-0.4, -0.2) is 18.4 Å². The summed E-state index contributed by atoms with van der Waals surface area (Å²) < 4.78 is 5.26. The third kappa shape index (κ3) is 2.45. The molecule has 78 valence electrons. The molecule has 0 saturated carbocycles. The highest BCUT2D eigenvalue weighted by Crippen LogP contribution is 2.27. The SMILES string of the molecule is CO[C@H](c1ccccc1Cl)[C@H](C)NO. The number of hydrogen-bond acceptors (Lipinski definition) is 3. The van der Waals surface area contributed by atoms with E-state index in [1.165, 1.54) is 0 Å². The number of hydroxylamine groups is 1. The highest BCUT2D eigenvalue weighted by Gasteiger charge is 2.20. The number of ether oxygens (including phenoxy) is 1. The van der Waals surface area contributed by atoms with E-state index in [2.05, 4.69) is 5.48 Å². The number of hydrogen-bond donors (Lipinski definition) is 2. The number of halogens is 1. The predicted octanol–water partition coefficient (Wildman–Crippen LogP) is 2.39. The van der Waals surface area contributed by atoms with Crippen LogP contribution in [0.15, 0.2) is 24.3 Å². The summed E-state index contributed by atoms with van der Waals surface area (Å²) in [7, 11) is 1.59. The van der Waals surface area contributed by atoms with E-state index >= 15 is 0 Å². The normalized spacial score (nSPS) is 15.1. The lowest BCUT2D eigenvalue weighted by molar-refractivity contribution is 0.0172. The van der Waals surface area contributed by atoms with E-state index in [9.17, 15) is 0 Å². The fraction of sp³-hybridized carbons (Fsp3) is 0.400. The summed E-state index contributed by atoms with van der Waals surface area (Å²) in [6.07, 6.45) is -0.256. The van der Waals surface area contributed by atoms with Crippen LogP contribution in [0.3, 0.4) is 0 Å². The summed E-state index contributed by atoms with van der Waals surface area (Å²) in [6.45, 7) is 1.82. The monoisotopic (exact) mass is 215 g/mol. The Balaban J connectivity index is 2.94. The molecule has 3 nitrogen and oxygen atoms in total. The highest BCUT2D eigenvalue weighted by molar-refractivity contribution is 6.31. The van der Waals surface area contributed by atoms with Crippen LogP contribution in [0.1, 0.15) is 18.6 Å². The van der Waals surface area contributed by atoms with Crippen molar-refractivity contribution >= 4 is 11.6 Å². The summed E-state index contributed by atoms with van der Waals surface area (Å²) in [6, 6.07) is 7.21. The zero-order chi connectivity index (χ0) is 10.6. The molecule has 0 spiro atoms. The summed E-state index contributed by atoms with van der Waals surface area (Å²) >= 11 is 6.01. The van der Waals surface area contributed by atoms with E-state index in [0.717, 1.165) is 5.56 Å². The van der Waals surface area contributed by atoms with Crippen LogP contribution in [0.4, 0.5) is 0 Å². The van der Waals surface area contributed by atoms with Crippen molar-refractivity contribution in [2.75, 3.05) is 7.11 Å². The quantitative estimate of drug-likeness (QED) is 0.758. The van der Waals surface area contributed by atoms with Gasteiger partial charge < -0.3 is 9.94 Å². The first-order valence-electron chi connectivity index (χ1n) is 4.37. The van der Waals surface area contributed by atoms with Gasteiger partial charge in [0.05, 0.1) is 6.04 Å². The number of rotatable bonds is 4. The van der Waals surface area contributed by atoms with E-state index in [4.69, 9.17) is 21.5 Å². The molecule has 0 aliphatic heterocycles. The Morgan fingerprint density at radius 1 is 1.43 bits per heavy atom. The molecule has 4 heteroatoms. The Labute approximate surface area is 88.6 Å². The van der Waals surface area contributed by atoms with E-state index < -0.39 is 0 Å². The van der Waals surface area contributed by atoms with Gasteiger partial charge in [0, 0.05) is 17.7 Å². The third-order valence-corrected chi connectivity index (χ3v) is 2.47. The van der Waals surface area contributed by atoms with Gasteiger partial charge in [-0.25, -0.2) is 0 Å². The van der Waals surface area contributed by atoms with Gasteiger partial charge in [0.2, 0.25) is 0 Å². The molecular formula is C10H14ClNO2. The first-order valence-corrected chi connectivity index (χ1v) is 4.75. The van der Waals surface area contributed by atoms with Crippen molar-refractivity contribution < 1.29 is 9.94 Å². The maximum Gasteiger partial charge on any atom is 0.101 e. The van der Waals surface area contributed by atoms with Gasteiger partial charge in [-0.05, 0) is 13.0 Å². The summed E-state index contributed by atoms with van der Waals surface area (Å²) in [5, 5.41) is 9.46. The molecule has 0 aliphatic rings. The Kier molecular flexibility index (Phi) is 4.35. The van der Waals surface area contributed by atoms with E-state index in [0.29, 0.717) is 5.02 Å². The molecule has 0 aromatic heterocycles. The minimum Gasteiger partial charge on any atom is -0.375 e. The van der Waals surface area contributed by atoms with Crippen molar-refractivity contribution in [1.82, 2.24) is 5.48 Å². The predicted molar refractivity (Wildman–Crippen MR) is 55.6 cm³/mol. The molecule has 2 N–H and O–H groups in total. The molecule has 14 heavy (non-hydrogen) atoms. The minimum absolute atomic E-state index is 0.208. The fourth-order valence-electron chi connectivity index (χ4n) is 1.37. The average Bonchev–Trinajstić information content (AvgIpc) is 2.21. The standard InChI is InChI=1S/C10H14ClNO2/c1-7(12-13)10(14-2)8-5-3-4-6-9(8)11/h3-7,10,12-13H,1-2H3/t7-,10-/m0/s1. The molecule has 2 atom stereocenters. The molecule has 1 rings (SSSR count). The molecular weight excluding hydrogens is 202 g/mol. The van der Waals surface area contributed by atoms with Crippen LogP contribution in [0.25, 0.3) is 0 Å². The molecule has 0 heterocycles. The Hall–Kier alpha value is -0.610. The first-order chi connectivity index (χ1) is 6.70. The second kappa shape index (κ2) is 5.32. The summed E-state index contributed by atoms with van der Waals surface area (Å²) in [4.78, 5) is 0. The lowest BCUT2D eigenvalue weighted by Gasteiger charge is -2.22. The summed E-state index contributed by atoms with van der Waals surface area (Å²) in [5.74, 6) is 0. The molecule has 0 unspecified atom stereocenters. The smallest absolute Gasteiger partial charge is 0.101 e. The van der Waals surface area contributed by atoms with Crippen LogP contribution in [-0.2, 0) is 4.74 Å². The molecule has 0 aliphatic carbocycles. The maximum atomic E-state index is 8.82. The van der Waals surface area contributed by atoms with Gasteiger partial charge in [-0.1, -0.05) is 29.8 Å². The first kappa shape index (κ1) is 11.5. The van der Waals surface area contributed by atoms with Gasteiger partial charge in [-0.3, -0.25) is 0 Å². The zero-order valence-electron chi connectivity index (χ0n) is 8.20. The fourth-order valence-corrected chi connectivity index (χ4v) is 1.62. The molecule has 0 radical (unpaired) electrons. The third-order valence-electron chi connectivity index (χ3n) is 2.12. The van der Waals surface area contributed by atoms with E-state index in [1.54, 1.807) is 13.2 Å². The van der Waals surface area contributed by atoms with Crippen LogP contribution in [0.5, 0.6) is 0 Å². The number of nitrogens with one attached hydrogen (secondary N) is 1. The van der Waals surface area contributed by atoms with Crippen LogP contribution in [0.2, 0.25) is 5.02 Å². The summed E-state index contributed by atoms with van der Waals surface area (Å²) in [5.41, 5.74) is 3.02. The van der Waals surface area contributed by atoms with Gasteiger partial charge in [0.15, 0.2) is 0 Å². The lowest BCUT2D eigenvalue weighted by Crippen LogP contribution is -2.30. The van der Waals surface area contributed by atoms with Gasteiger partial charge >= 0.3 is 0 Å². The van der Waals surface area contributed by atoms with Crippen molar-refractivity contribution in [2.24, 2.45) is 0 Å². The van der Waals surface area contributed by atoms with Gasteiger partial charge in [0.1, 0.15) is 6.10 Å². The van der Waals surface area contributed by atoms with Gasteiger partial charge in [-0.2, -0.15) is 5.48 Å². The number of methoxy groups -OCH3 is 1. The Morgan fingerprint density at radius 2 is 2.07 bits per heavy atom. The van der Waals surface area contributed by atoms with Crippen molar-refractivity contribution in [3.63, 3.8) is 0 Å². The zero-order valence-corrected chi connectivity index (χ0v) is 8.95. The van der Waals surface area contributed by atoms with Crippen LogP contribution in [0, 0.1) is 0 Å². The average molecular weight is 216 g/mol. The molecule has 1 aromatic rings. The molecule has 0 fully saturated rings. The van der Waals surface area contributed by atoms with Crippen molar-refractivity contribution in [3.05, 3.63) is 34.9 Å². The van der Waals surface area contributed by atoms with Crippen molar-refractivity contribution in [3.8, 4) is 0 Å². The molecule has 0 bridgehead atoms. The highest BCUT2D eigenvalue weighted by atomic mass is 35.5. The molecule has 0 saturated heterocycles. The van der Waals surface area contributed by atoms with Crippen LogP contribution >= 0.6 is 11.6 Å². The Bertz CT molecular complexity index is 293.